The van der Waals surface area contributed by atoms with Crippen molar-refractivity contribution in [2.45, 2.75) is 12.8 Å². The summed E-state index contributed by atoms with van der Waals surface area (Å²) < 4.78 is 12.8. The lowest BCUT2D eigenvalue weighted by Gasteiger charge is -2.33. The first-order valence-corrected chi connectivity index (χ1v) is 10.5. The number of rotatable bonds is 6. The SMILES string of the molecule is COc1cc(OC)c(-c2cn3ccc(N4CCC(CNC(=O)O)CC4)cc3n2)cc1Cl. The predicted molar refractivity (Wildman–Crippen MR) is 120 cm³/mol. The Morgan fingerprint density at radius 1 is 1.23 bits per heavy atom. The second-order valence-electron chi connectivity index (χ2n) is 7.58. The van der Waals surface area contributed by atoms with Gasteiger partial charge in [0, 0.05) is 55.4 Å². The minimum atomic E-state index is -0.960. The third-order valence-electron chi connectivity index (χ3n) is 5.72. The number of aromatic nitrogens is 2. The van der Waals surface area contributed by atoms with E-state index in [0.29, 0.717) is 29.0 Å². The average molecular weight is 445 g/mol. The maximum absolute atomic E-state index is 10.7. The predicted octanol–water partition coefficient (Wildman–Crippen LogP) is 4.16. The van der Waals surface area contributed by atoms with Crippen molar-refractivity contribution in [2.75, 3.05) is 38.8 Å². The lowest BCUT2D eigenvalue weighted by atomic mass is 9.96. The molecule has 31 heavy (non-hydrogen) atoms. The fraction of sp³-hybridized carbons (Fsp3) is 0.364. The highest BCUT2D eigenvalue weighted by Crippen LogP contribution is 2.38. The van der Waals surface area contributed by atoms with Crippen molar-refractivity contribution < 1.29 is 19.4 Å². The normalized spacial score (nSPS) is 14.6. The van der Waals surface area contributed by atoms with Crippen molar-refractivity contribution in [3.05, 3.63) is 41.7 Å². The van der Waals surface area contributed by atoms with Gasteiger partial charge in [-0.3, -0.25) is 0 Å². The molecule has 0 saturated carbocycles. The highest BCUT2D eigenvalue weighted by Gasteiger charge is 2.21. The summed E-state index contributed by atoms with van der Waals surface area (Å²) in [5.41, 5.74) is 3.49. The van der Waals surface area contributed by atoms with Gasteiger partial charge in [-0.05, 0) is 30.9 Å². The van der Waals surface area contributed by atoms with Gasteiger partial charge >= 0.3 is 6.09 Å². The summed E-state index contributed by atoms with van der Waals surface area (Å²) >= 11 is 6.33. The molecule has 0 unspecified atom stereocenters. The van der Waals surface area contributed by atoms with Crippen molar-refractivity contribution in [1.29, 1.82) is 0 Å². The molecule has 4 rings (SSSR count). The molecule has 0 aliphatic carbocycles. The number of nitrogens with one attached hydrogen (secondary N) is 1. The molecule has 2 aromatic heterocycles. The van der Waals surface area contributed by atoms with Crippen LogP contribution < -0.4 is 19.7 Å². The van der Waals surface area contributed by atoms with Crippen LogP contribution in [0, 0.1) is 5.92 Å². The standard InChI is InChI=1S/C22H25ClN4O4/c1-30-19-11-20(31-2)17(23)10-16(19)18-13-27-8-5-15(9-21(27)25-18)26-6-3-14(4-7-26)12-24-22(28)29/h5,8-11,13-14,24H,3-4,6-7,12H2,1-2H3,(H,28,29). The summed E-state index contributed by atoms with van der Waals surface area (Å²) in [7, 11) is 3.17. The Hall–Kier alpha value is -3.13. The van der Waals surface area contributed by atoms with E-state index in [1.54, 1.807) is 26.4 Å². The van der Waals surface area contributed by atoms with Crippen LogP contribution in [-0.2, 0) is 0 Å². The fourth-order valence-corrected chi connectivity index (χ4v) is 4.23. The lowest BCUT2D eigenvalue weighted by molar-refractivity contribution is 0.191. The summed E-state index contributed by atoms with van der Waals surface area (Å²) in [6.07, 6.45) is 4.89. The second kappa shape index (κ2) is 8.93. The van der Waals surface area contributed by atoms with E-state index in [2.05, 4.69) is 22.3 Å². The molecular formula is C22H25ClN4O4. The van der Waals surface area contributed by atoms with E-state index in [0.717, 1.165) is 48.5 Å². The van der Waals surface area contributed by atoms with Crippen LogP contribution in [0.2, 0.25) is 5.02 Å². The first kappa shape index (κ1) is 21.1. The molecule has 1 aliphatic rings. The Morgan fingerprint density at radius 2 is 1.97 bits per heavy atom. The maximum Gasteiger partial charge on any atom is 0.404 e. The molecule has 9 heteroatoms. The lowest BCUT2D eigenvalue weighted by Crippen LogP contribution is -2.38. The first-order valence-electron chi connectivity index (χ1n) is 10.1. The molecule has 1 amide bonds. The zero-order valence-corrected chi connectivity index (χ0v) is 18.2. The van der Waals surface area contributed by atoms with E-state index in [-0.39, 0.29) is 0 Å². The van der Waals surface area contributed by atoms with Crippen molar-refractivity contribution in [3.63, 3.8) is 0 Å². The number of pyridine rings is 1. The number of amides is 1. The number of anilines is 1. The van der Waals surface area contributed by atoms with Gasteiger partial charge in [0.2, 0.25) is 0 Å². The van der Waals surface area contributed by atoms with Gasteiger partial charge in [-0.1, -0.05) is 11.6 Å². The van der Waals surface area contributed by atoms with Crippen molar-refractivity contribution in [1.82, 2.24) is 14.7 Å². The van der Waals surface area contributed by atoms with Gasteiger partial charge in [0.15, 0.2) is 0 Å². The topological polar surface area (TPSA) is 88.3 Å². The van der Waals surface area contributed by atoms with Crippen molar-refractivity contribution in [3.8, 4) is 22.8 Å². The number of piperidine rings is 1. The van der Waals surface area contributed by atoms with Gasteiger partial charge in [-0.2, -0.15) is 0 Å². The van der Waals surface area contributed by atoms with Crippen LogP contribution in [0.4, 0.5) is 10.5 Å². The number of hydrogen-bond donors (Lipinski definition) is 2. The number of nitrogens with zero attached hydrogens (tertiary/aromatic N) is 3. The van der Waals surface area contributed by atoms with Crippen LogP contribution >= 0.6 is 11.6 Å². The highest BCUT2D eigenvalue weighted by molar-refractivity contribution is 6.32. The highest BCUT2D eigenvalue weighted by atomic mass is 35.5. The molecule has 0 radical (unpaired) electrons. The largest absolute Gasteiger partial charge is 0.496 e. The van der Waals surface area contributed by atoms with Gasteiger partial charge in [0.05, 0.1) is 24.9 Å². The number of halogens is 1. The summed E-state index contributed by atoms with van der Waals surface area (Å²) in [5, 5.41) is 11.8. The Morgan fingerprint density at radius 3 is 2.65 bits per heavy atom. The fourth-order valence-electron chi connectivity index (χ4n) is 3.98. The van der Waals surface area contributed by atoms with E-state index in [1.807, 2.05) is 16.8 Å². The smallest absolute Gasteiger partial charge is 0.404 e. The molecular weight excluding hydrogens is 420 g/mol. The summed E-state index contributed by atoms with van der Waals surface area (Å²) in [6, 6.07) is 7.71. The number of imidazole rings is 1. The monoisotopic (exact) mass is 444 g/mol. The molecule has 0 atom stereocenters. The van der Waals surface area contributed by atoms with Crippen molar-refractivity contribution in [2.24, 2.45) is 5.92 Å². The Balaban J connectivity index is 1.55. The molecule has 3 aromatic rings. The van der Waals surface area contributed by atoms with Crippen LogP contribution in [0.1, 0.15) is 12.8 Å². The number of fused-ring (bicyclic) bond motifs is 1. The minimum Gasteiger partial charge on any atom is -0.496 e. The van der Waals surface area contributed by atoms with E-state index < -0.39 is 6.09 Å². The molecule has 0 bridgehead atoms. The van der Waals surface area contributed by atoms with Crippen molar-refractivity contribution >= 4 is 29.0 Å². The van der Waals surface area contributed by atoms with Crippen LogP contribution in [0.5, 0.6) is 11.5 Å². The average Bonchev–Trinajstić information content (AvgIpc) is 3.21. The van der Waals surface area contributed by atoms with E-state index >= 15 is 0 Å². The molecule has 3 heterocycles. The third-order valence-corrected chi connectivity index (χ3v) is 6.01. The van der Waals surface area contributed by atoms with E-state index in [1.165, 1.54) is 0 Å². The number of hydrogen-bond acceptors (Lipinski definition) is 5. The van der Waals surface area contributed by atoms with Crippen LogP contribution in [0.25, 0.3) is 16.9 Å². The van der Waals surface area contributed by atoms with Gasteiger partial charge in [-0.15, -0.1) is 0 Å². The summed E-state index contributed by atoms with van der Waals surface area (Å²) in [4.78, 5) is 17.8. The quantitative estimate of drug-likeness (QED) is 0.593. The van der Waals surface area contributed by atoms with Crippen LogP contribution in [0.15, 0.2) is 36.7 Å². The number of methoxy groups -OCH3 is 2. The Kier molecular flexibility index (Phi) is 6.08. The van der Waals surface area contributed by atoms with E-state index in [4.69, 9.17) is 31.2 Å². The third kappa shape index (κ3) is 4.49. The van der Waals surface area contributed by atoms with Crippen LogP contribution in [0.3, 0.4) is 0 Å². The Labute approximate surface area is 185 Å². The van der Waals surface area contributed by atoms with E-state index in [9.17, 15) is 4.79 Å². The summed E-state index contributed by atoms with van der Waals surface area (Å²) in [6.45, 7) is 2.29. The van der Waals surface area contributed by atoms with Gasteiger partial charge in [0.25, 0.3) is 0 Å². The van der Waals surface area contributed by atoms with Gasteiger partial charge < -0.3 is 29.2 Å². The molecule has 1 aromatic carbocycles. The zero-order chi connectivity index (χ0) is 22.0. The molecule has 0 spiro atoms. The number of benzene rings is 1. The zero-order valence-electron chi connectivity index (χ0n) is 17.5. The molecule has 1 saturated heterocycles. The molecule has 1 fully saturated rings. The minimum absolute atomic E-state index is 0.376. The van der Waals surface area contributed by atoms with Gasteiger partial charge in [0.1, 0.15) is 17.1 Å². The second-order valence-corrected chi connectivity index (χ2v) is 7.99. The molecule has 164 valence electrons. The number of carboxylic acid groups (broad SMARTS) is 1. The van der Waals surface area contributed by atoms with Gasteiger partial charge in [-0.25, -0.2) is 9.78 Å². The molecule has 8 nitrogen and oxygen atoms in total. The van der Waals surface area contributed by atoms with Crippen LogP contribution in [-0.4, -0.2) is 54.4 Å². The number of ether oxygens (including phenoxy) is 2. The number of carbonyl (C=O) groups is 1. The molecule has 2 N–H and O–H groups in total. The Bertz CT molecular complexity index is 1090. The first-order chi connectivity index (χ1) is 15.0. The summed E-state index contributed by atoms with van der Waals surface area (Å²) in [5.74, 6) is 1.57. The molecule has 1 aliphatic heterocycles. The maximum atomic E-state index is 10.7.